The first-order chi connectivity index (χ1) is 13.7. The number of carboxylic acid groups (broad SMARTS) is 1. The van der Waals surface area contributed by atoms with Gasteiger partial charge >= 0.3 is 5.97 Å². The van der Waals surface area contributed by atoms with E-state index in [2.05, 4.69) is 24.1 Å². The second-order valence-corrected chi connectivity index (χ2v) is 7.66. The summed E-state index contributed by atoms with van der Waals surface area (Å²) in [5.74, 6) is 3.65. The first-order valence-electron chi connectivity index (χ1n) is 11.3. The monoisotopic (exact) mass is 385 g/mol. The summed E-state index contributed by atoms with van der Waals surface area (Å²) in [7, 11) is 0. The molecule has 0 radical (unpaired) electrons. The molecular weight excluding hydrogens is 346 g/mol. The summed E-state index contributed by atoms with van der Waals surface area (Å²) in [6.45, 7) is 3.26. The van der Waals surface area contributed by atoms with Crippen molar-refractivity contribution in [3.8, 4) is 11.8 Å². The number of nitrogens with one attached hydrogen (secondary N) is 1. The summed E-state index contributed by atoms with van der Waals surface area (Å²) in [5, 5.41) is 12.0. The van der Waals surface area contributed by atoms with Crippen LogP contribution in [-0.2, 0) is 4.79 Å². The first-order valence-corrected chi connectivity index (χ1v) is 11.3. The van der Waals surface area contributed by atoms with Crippen molar-refractivity contribution in [1.82, 2.24) is 0 Å². The zero-order valence-electron chi connectivity index (χ0n) is 17.8. The Morgan fingerprint density at radius 2 is 1.25 bits per heavy atom. The van der Waals surface area contributed by atoms with Gasteiger partial charge in [-0.25, -0.2) is 4.79 Å². The lowest BCUT2D eigenvalue weighted by Gasteiger charge is -2.06. The summed E-state index contributed by atoms with van der Waals surface area (Å²) in [6, 6.07) is 7.61. The Bertz CT molecular complexity index is 568. The molecule has 0 unspecified atom stereocenters. The van der Waals surface area contributed by atoms with Crippen LogP contribution < -0.4 is 5.32 Å². The number of aliphatic carboxylic acids is 1. The van der Waals surface area contributed by atoms with Crippen LogP contribution in [0.4, 0.5) is 5.69 Å². The van der Waals surface area contributed by atoms with Crippen LogP contribution >= 0.6 is 0 Å². The average molecular weight is 386 g/mol. The summed E-state index contributed by atoms with van der Waals surface area (Å²) in [6.07, 6.45) is 19.3. The van der Waals surface area contributed by atoms with E-state index in [1.54, 1.807) is 0 Å². The topological polar surface area (TPSA) is 49.3 Å². The molecule has 0 saturated carbocycles. The van der Waals surface area contributed by atoms with Crippen molar-refractivity contribution >= 4 is 11.7 Å². The SMILES string of the molecule is CCCCCCCCCCCCCCCCNc1ccc(C#CC(=O)O)cc1. The molecule has 0 aliphatic rings. The van der Waals surface area contributed by atoms with Gasteiger partial charge in [0.1, 0.15) is 0 Å². The Morgan fingerprint density at radius 3 is 1.71 bits per heavy atom. The third-order valence-electron chi connectivity index (χ3n) is 5.06. The maximum absolute atomic E-state index is 10.4. The molecule has 1 aromatic carbocycles. The molecule has 0 spiro atoms. The first kappa shape index (κ1) is 24.1. The highest BCUT2D eigenvalue weighted by molar-refractivity contribution is 5.87. The lowest BCUT2D eigenvalue weighted by atomic mass is 10.0. The molecule has 0 aliphatic carbocycles. The van der Waals surface area contributed by atoms with Gasteiger partial charge in [-0.3, -0.25) is 0 Å². The number of carbonyl (C=O) groups is 1. The minimum atomic E-state index is -1.10. The van der Waals surface area contributed by atoms with E-state index in [0.717, 1.165) is 17.8 Å². The van der Waals surface area contributed by atoms with Crippen LogP contribution in [0, 0.1) is 11.8 Å². The summed E-state index contributed by atoms with van der Waals surface area (Å²) in [4.78, 5) is 10.4. The van der Waals surface area contributed by atoms with Crippen LogP contribution in [0.3, 0.4) is 0 Å². The Morgan fingerprint density at radius 1 is 0.786 bits per heavy atom. The minimum Gasteiger partial charge on any atom is -0.472 e. The van der Waals surface area contributed by atoms with Crippen LogP contribution in [0.5, 0.6) is 0 Å². The molecule has 0 saturated heterocycles. The summed E-state index contributed by atoms with van der Waals surface area (Å²) >= 11 is 0. The van der Waals surface area contributed by atoms with E-state index in [1.807, 2.05) is 24.3 Å². The molecule has 0 bridgehead atoms. The van der Waals surface area contributed by atoms with Gasteiger partial charge < -0.3 is 10.4 Å². The lowest BCUT2D eigenvalue weighted by Crippen LogP contribution is -2.01. The van der Waals surface area contributed by atoms with Gasteiger partial charge in [0.2, 0.25) is 0 Å². The predicted octanol–water partition coefficient (Wildman–Crippen LogP) is 7.02. The second-order valence-electron chi connectivity index (χ2n) is 7.66. The Balaban J connectivity index is 1.89. The highest BCUT2D eigenvalue weighted by Crippen LogP contribution is 2.13. The molecule has 0 aromatic heterocycles. The molecule has 0 amide bonds. The van der Waals surface area contributed by atoms with Gasteiger partial charge in [0.25, 0.3) is 0 Å². The highest BCUT2D eigenvalue weighted by Gasteiger charge is 1.96. The summed E-state index contributed by atoms with van der Waals surface area (Å²) in [5.41, 5.74) is 1.79. The van der Waals surface area contributed by atoms with Gasteiger partial charge in [-0.05, 0) is 30.7 Å². The molecule has 3 heteroatoms. The molecule has 28 heavy (non-hydrogen) atoms. The van der Waals surface area contributed by atoms with E-state index in [1.165, 1.54) is 89.9 Å². The molecule has 0 fully saturated rings. The van der Waals surface area contributed by atoms with Crippen LogP contribution in [0.15, 0.2) is 24.3 Å². The highest BCUT2D eigenvalue weighted by atomic mass is 16.4. The Labute approximate surface area is 172 Å². The van der Waals surface area contributed by atoms with Crippen LogP contribution in [0.1, 0.15) is 102 Å². The van der Waals surface area contributed by atoms with Crippen molar-refractivity contribution < 1.29 is 9.90 Å². The van der Waals surface area contributed by atoms with Gasteiger partial charge in [-0.1, -0.05) is 96.3 Å². The van der Waals surface area contributed by atoms with E-state index >= 15 is 0 Å². The van der Waals surface area contributed by atoms with E-state index in [9.17, 15) is 4.79 Å². The molecule has 3 nitrogen and oxygen atoms in total. The van der Waals surface area contributed by atoms with Gasteiger partial charge in [0.15, 0.2) is 0 Å². The number of carboxylic acids is 1. The van der Waals surface area contributed by atoms with Crippen molar-refractivity contribution in [3.63, 3.8) is 0 Å². The zero-order chi connectivity index (χ0) is 20.3. The average Bonchev–Trinajstić information content (AvgIpc) is 2.70. The normalized spacial score (nSPS) is 10.3. The predicted molar refractivity (Wildman–Crippen MR) is 120 cm³/mol. The number of rotatable bonds is 16. The molecule has 1 rings (SSSR count). The molecule has 0 atom stereocenters. The van der Waals surface area contributed by atoms with Crippen molar-refractivity contribution in [3.05, 3.63) is 29.8 Å². The van der Waals surface area contributed by atoms with Gasteiger partial charge in [-0.15, -0.1) is 0 Å². The van der Waals surface area contributed by atoms with E-state index < -0.39 is 5.97 Å². The standard InChI is InChI=1S/C25H39NO2/c1-2-3-4-5-6-7-8-9-10-11-12-13-14-15-22-26-24-19-16-23(17-20-24)18-21-25(27)28/h16-17,19-20,26H,2-15,22H2,1H3,(H,27,28). The van der Waals surface area contributed by atoms with E-state index in [4.69, 9.17) is 5.11 Å². The number of benzene rings is 1. The van der Waals surface area contributed by atoms with Gasteiger partial charge in [0, 0.05) is 23.7 Å². The molecule has 1 aromatic rings. The Hall–Kier alpha value is -1.95. The largest absolute Gasteiger partial charge is 0.472 e. The maximum Gasteiger partial charge on any atom is 0.382 e. The zero-order valence-corrected chi connectivity index (χ0v) is 17.8. The number of unbranched alkanes of at least 4 members (excludes halogenated alkanes) is 13. The van der Waals surface area contributed by atoms with Crippen LogP contribution in [-0.4, -0.2) is 17.6 Å². The fourth-order valence-corrected chi connectivity index (χ4v) is 3.35. The van der Waals surface area contributed by atoms with Crippen molar-refractivity contribution in [2.24, 2.45) is 0 Å². The smallest absolute Gasteiger partial charge is 0.382 e. The maximum atomic E-state index is 10.4. The number of hydrogen-bond acceptors (Lipinski definition) is 2. The third kappa shape index (κ3) is 14.2. The lowest BCUT2D eigenvalue weighted by molar-refractivity contribution is -0.130. The third-order valence-corrected chi connectivity index (χ3v) is 5.06. The number of hydrogen-bond donors (Lipinski definition) is 2. The van der Waals surface area contributed by atoms with Crippen LogP contribution in [0.2, 0.25) is 0 Å². The molecule has 0 aliphatic heterocycles. The van der Waals surface area contributed by atoms with Crippen LogP contribution in [0.25, 0.3) is 0 Å². The minimum absolute atomic E-state index is 0.726. The quantitative estimate of drug-likeness (QED) is 0.237. The second kappa shape index (κ2) is 17.2. The van der Waals surface area contributed by atoms with E-state index in [-0.39, 0.29) is 0 Å². The summed E-state index contributed by atoms with van der Waals surface area (Å²) < 4.78 is 0. The molecule has 156 valence electrons. The number of anilines is 1. The van der Waals surface area contributed by atoms with E-state index in [0.29, 0.717) is 0 Å². The van der Waals surface area contributed by atoms with Gasteiger partial charge in [-0.2, -0.15) is 0 Å². The fraction of sp³-hybridized carbons (Fsp3) is 0.640. The molecular formula is C25H39NO2. The Kier molecular flexibility index (Phi) is 14.8. The van der Waals surface area contributed by atoms with Crippen molar-refractivity contribution in [2.75, 3.05) is 11.9 Å². The molecule has 0 heterocycles. The molecule has 2 N–H and O–H groups in total. The van der Waals surface area contributed by atoms with Gasteiger partial charge in [0.05, 0.1) is 0 Å². The fourth-order valence-electron chi connectivity index (χ4n) is 3.35. The van der Waals surface area contributed by atoms with Crippen molar-refractivity contribution in [2.45, 2.75) is 96.8 Å². The van der Waals surface area contributed by atoms with Crippen molar-refractivity contribution in [1.29, 1.82) is 0 Å².